The third-order valence-corrected chi connectivity index (χ3v) is 3.18. The minimum atomic E-state index is -0.549. The summed E-state index contributed by atoms with van der Waals surface area (Å²) >= 11 is 0. The van der Waals surface area contributed by atoms with Crippen LogP contribution >= 0.6 is 0 Å². The number of rotatable bonds is 8. The largest absolute Gasteiger partial charge is 0.357 e. The van der Waals surface area contributed by atoms with E-state index in [2.05, 4.69) is 21.8 Å². The van der Waals surface area contributed by atoms with E-state index < -0.39 is 11.6 Å². The third-order valence-electron chi connectivity index (χ3n) is 3.18. The predicted molar refractivity (Wildman–Crippen MR) is 88.1 cm³/mol. The second-order valence-electron chi connectivity index (χ2n) is 5.12. The van der Waals surface area contributed by atoms with Crippen molar-refractivity contribution in [2.75, 3.05) is 26.7 Å². The summed E-state index contributed by atoms with van der Waals surface area (Å²) in [7, 11) is 1.98. The van der Waals surface area contributed by atoms with Crippen molar-refractivity contribution >= 4 is 5.96 Å². The van der Waals surface area contributed by atoms with Crippen LogP contribution < -0.4 is 5.32 Å². The molecule has 3 nitrogen and oxygen atoms in total. The van der Waals surface area contributed by atoms with Crippen molar-refractivity contribution in [2.24, 2.45) is 4.99 Å². The van der Waals surface area contributed by atoms with E-state index in [4.69, 9.17) is 0 Å². The summed E-state index contributed by atoms with van der Waals surface area (Å²) in [5, 5.41) is 3.22. The maximum Gasteiger partial charge on any atom is 0.193 e. The van der Waals surface area contributed by atoms with Crippen LogP contribution in [0.25, 0.3) is 0 Å². The standard InChI is InChI=1S/C17H25F2N3/c1-4-6-7-10-22(3)17(20-5-2)21-9-8-14-11-15(18)13-16(19)12-14/h4,11-13H,1,5-10H2,2-3H3,(H,20,21). The molecule has 0 aromatic heterocycles. The van der Waals surface area contributed by atoms with Gasteiger partial charge in [0, 0.05) is 32.7 Å². The van der Waals surface area contributed by atoms with Gasteiger partial charge in [-0.15, -0.1) is 6.58 Å². The summed E-state index contributed by atoms with van der Waals surface area (Å²) in [4.78, 5) is 6.56. The van der Waals surface area contributed by atoms with Crippen LogP contribution in [0.2, 0.25) is 0 Å². The molecule has 0 amide bonds. The summed E-state index contributed by atoms with van der Waals surface area (Å²) < 4.78 is 26.3. The Morgan fingerprint density at radius 3 is 2.59 bits per heavy atom. The van der Waals surface area contributed by atoms with Gasteiger partial charge >= 0.3 is 0 Å². The zero-order valence-corrected chi connectivity index (χ0v) is 13.4. The number of nitrogens with zero attached hydrogens (tertiary/aromatic N) is 2. The first-order chi connectivity index (χ1) is 10.6. The molecule has 0 unspecified atom stereocenters. The quantitative estimate of drug-likeness (QED) is 0.345. The lowest BCUT2D eigenvalue weighted by molar-refractivity contribution is 0.470. The molecule has 1 rings (SSSR count). The second kappa shape index (κ2) is 9.92. The van der Waals surface area contributed by atoms with Gasteiger partial charge in [0.15, 0.2) is 5.96 Å². The highest BCUT2D eigenvalue weighted by Crippen LogP contribution is 2.08. The van der Waals surface area contributed by atoms with E-state index in [-0.39, 0.29) is 0 Å². The summed E-state index contributed by atoms with van der Waals surface area (Å²) in [6, 6.07) is 3.57. The van der Waals surface area contributed by atoms with Crippen molar-refractivity contribution in [1.29, 1.82) is 0 Å². The van der Waals surface area contributed by atoms with Crippen molar-refractivity contribution in [1.82, 2.24) is 10.2 Å². The molecule has 0 aliphatic heterocycles. The first kappa shape index (κ1) is 18.1. The Bertz CT molecular complexity index is 480. The zero-order chi connectivity index (χ0) is 16.4. The molecule has 0 heterocycles. The zero-order valence-electron chi connectivity index (χ0n) is 13.4. The number of hydrogen-bond donors (Lipinski definition) is 1. The van der Waals surface area contributed by atoms with Crippen LogP contribution in [-0.4, -0.2) is 37.5 Å². The van der Waals surface area contributed by atoms with Crippen molar-refractivity contribution in [2.45, 2.75) is 26.2 Å². The number of nitrogens with one attached hydrogen (secondary N) is 1. The van der Waals surface area contributed by atoms with E-state index >= 15 is 0 Å². The Labute approximate surface area is 131 Å². The highest BCUT2D eigenvalue weighted by molar-refractivity contribution is 5.79. The molecule has 1 N–H and O–H groups in total. The van der Waals surface area contributed by atoms with Crippen LogP contribution in [0.3, 0.4) is 0 Å². The molecule has 1 aromatic rings. The lowest BCUT2D eigenvalue weighted by Gasteiger charge is -2.21. The topological polar surface area (TPSA) is 27.6 Å². The van der Waals surface area contributed by atoms with E-state index in [0.717, 1.165) is 38.0 Å². The SMILES string of the molecule is C=CCCCN(C)C(=NCCc1cc(F)cc(F)c1)NCC. The Kier molecular flexibility index (Phi) is 8.18. The molecule has 5 heteroatoms. The van der Waals surface area contributed by atoms with E-state index in [1.807, 2.05) is 20.0 Å². The molecular formula is C17H25F2N3. The van der Waals surface area contributed by atoms with Crippen molar-refractivity contribution in [3.63, 3.8) is 0 Å². The number of benzene rings is 1. The summed E-state index contributed by atoms with van der Waals surface area (Å²) in [5.74, 6) is -0.289. The monoisotopic (exact) mass is 309 g/mol. The summed E-state index contributed by atoms with van der Waals surface area (Å²) in [6.07, 6.45) is 4.38. The Balaban J connectivity index is 2.59. The van der Waals surface area contributed by atoms with Gasteiger partial charge in [-0.1, -0.05) is 6.08 Å². The number of allylic oxidation sites excluding steroid dienone is 1. The van der Waals surface area contributed by atoms with Crippen LogP contribution in [0, 0.1) is 11.6 Å². The predicted octanol–water partition coefficient (Wildman–Crippen LogP) is 3.37. The van der Waals surface area contributed by atoms with Gasteiger partial charge in [0.1, 0.15) is 11.6 Å². The fourth-order valence-electron chi connectivity index (χ4n) is 2.09. The molecule has 0 aliphatic rings. The van der Waals surface area contributed by atoms with Gasteiger partial charge in [-0.05, 0) is 43.9 Å². The molecule has 0 fully saturated rings. The van der Waals surface area contributed by atoms with Gasteiger partial charge in [0.25, 0.3) is 0 Å². The highest BCUT2D eigenvalue weighted by Gasteiger charge is 2.05. The summed E-state index contributed by atoms with van der Waals surface area (Å²) in [5.41, 5.74) is 0.617. The van der Waals surface area contributed by atoms with Crippen molar-refractivity contribution in [3.8, 4) is 0 Å². The van der Waals surface area contributed by atoms with Gasteiger partial charge in [-0.3, -0.25) is 4.99 Å². The molecule has 0 atom stereocenters. The molecule has 122 valence electrons. The lowest BCUT2D eigenvalue weighted by Crippen LogP contribution is -2.39. The molecular weight excluding hydrogens is 284 g/mol. The number of guanidine groups is 1. The minimum Gasteiger partial charge on any atom is -0.357 e. The van der Waals surface area contributed by atoms with E-state index in [0.29, 0.717) is 18.5 Å². The molecule has 0 spiro atoms. The average molecular weight is 309 g/mol. The molecule has 0 aliphatic carbocycles. The first-order valence-electron chi connectivity index (χ1n) is 7.62. The second-order valence-corrected chi connectivity index (χ2v) is 5.12. The van der Waals surface area contributed by atoms with Gasteiger partial charge < -0.3 is 10.2 Å². The van der Waals surface area contributed by atoms with Crippen LogP contribution in [0.4, 0.5) is 8.78 Å². The van der Waals surface area contributed by atoms with Gasteiger partial charge in [0.05, 0.1) is 0 Å². The fourth-order valence-corrected chi connectivity index (χ4v) is 2.09. The number of aliphatic imine (C=N–C) groups is 1. The molecule has 0 saturated heterocycles. The van der Waals surface area contributed by atoms with Gasteiger partial charge in [0.2, 0.25) is 0 Å². The smallest absolute Gasteiger partial charge is 0.193 e. The Hall–Kier alpha value is -1.91. The normalized spacial score (nSPS) is 11.4. The summed E-state index contributed by atoms with van der Waals surface area (Å²) in [6.45, 7) is 7.86. The molecule has 1 aromatic carbocycles. The maximum absolute atomic E-state index is 13.1. The Morgan fingerprint density at radius 2 is 2.00 bits per heavy atom. The maximum atomic E-state index is 13.1. The fraction of sp³-hybridized carbons (Fsp3) is 0.471. The van der Waals surface area contributed by atoms with Crippen LogP contribution in [0.1, 0.15) is 25.3 Å². The molecule has 0 radical (unpaired) electrons. The first-order valence-corrected chi connectivity index (χ1v) is 7.62. The lowest BCUT2D eigenvalue weighted by atomic mass is 10.1. The van der Waals surface area contributed by atoms with E-state index in [1.165, 1.54) is 12.1 Å². The number of halogens is 2. The van der Waals surface area contributed by atoms with Crippen LogP contribution in [-0.2, 0) is 6.42 Å². The number of unbranched alkanes of at least 4 members (excludes halogenated alkanes) is 1. The van der Waals surface area contributed by atoms with Crippen molar-refractivity contribution in [3.05, 3.63) is 48.1 Å². The van der Waals surface area contributed by atoms with E-state index in [1.54, 1.807) is 0 Å². The van der Waals surface area contributed by atoms with Crippen molar-refractivity contribution < 1.29 is 8.78 Å². The molecule has 22 heavy (non-hydrogen) atoms. The van der Waals surface area contributed by atoms with Crippen LogP contribution in [0.5, 0.6) is 0 Å². The molecule has 0 saturated carbocycles. The third kappa shape index (κ3) is 6.70. The number of hydrogen-bond acceptors (Lipinski definition) is 1. The molecule has 0 bridgehead atoms. The Morgan fingerprint density at radius 1 is 1.32 bits per heavy atom. The minimum absolute atomic E-state index is 0.483. The highest BCUT2D eigenvalue weighted by atomic mass is 19.1. The van der Waals surface area contributed by atoms with E-state index in [9.17, 15) is 8.78 Å². The average Bonchev–Trinajstić information content (AvgIpc) is 2.45. The van der Waals surface area contributed by atoms with Crippen LogP contribution in [0.15, 0.2) is 35.8 Å². The van der Waals surface area contributed by atoms with Gasteiger partial charge in [-0.25, -0.2) is 8.78 Å². The van der Waals surface area contributed by atoms with Gasteiger partial charge in [-0.2, -0.15) is 0 Å².